The smallest absolute Gasteiger partial charge is 0.259 e. The summed E-state index contributed by atoms with van der Waals surface area (Å²) in [5, 5.41) is 2.75. The van der Waals surface area contributed by atoms with Crippen molar-refractivity contribution >= 4 is 17.5 Å². The summed E-state index contributed by atoms with van der Waals surface area (Å²) < 4.78 is 13.7. The van der Waals surface area contributed by atoms with Crippen molar-refractivity contribution < 1.29 is 14.0 Å². The van der Waals surface area contributed by atoms with Crippen molar-refractivity contribution in [3.05, 3.63) is 95.6 Å². The molecule has 2 aromatic carbocycles. The van der Waals surface area contributed by atoms with Crippen LogP contribution in [0.4, 0.5) is 10.1 Å². The summed E-state index contributed by atoms with van der Waals surface area (Å²) >= 11 is 0. The second kappa shape index (κ2) is 9.59. The van der Waals surface area contributed by atoms with E-state index >= 15 is 0 Å². The summed E-state index contributed by atoms with van der Waals surface area (Å²) in [5.41, 5.74) is 1.93. The van der Waals surface area contributed by atoms with Gasteiger partial charge in [-0.25, -0.2) is 4.39 Å². The third kappa shape index (κ3) is 5.04. The summed E-state index contributed by atoms with van der Waals surface area (Å²) in [6, 6.07) is 17.3. The Labute approximate surface area is 169 Å². The number of aromatic nitrogens is 1. The molecule has 0 aliphatic carbocycles. The fraction of sp³-hybridized carbons (Fsp3) is 0.174. The third-order valence-electron chi connectivity index (χ3n) is 4.51. The highest BCUT2D eigenvalue weighted by molar-refractivity contribution is 6.07. The number of hydrogen-bond acceptors (Lipinski definition) is 3. The largest absolute Gasteiger partial charge is 0.352 e. The minimum Gasteiger partial charge on any atom is -0.352 e. The topological polar surface area (TPSA) is 62.3 Å². The zero-order chi connectivity index (χ0) is 20.6. The molecule has 0 saturated carbocycles. The van der Waals surface area contributed by atoms with Crippen LogP contribution in [-0.4, -0.2) is 29.9 Å². The normalized spacial score (nSPS) is 10.4. The van der Waals surface area contributed by atoms with Gasteiger partial charge in [-0.05, 0) is 43.2 Å². The van der Waals surface area contributed by atoms with Crippen LogP contribution in [0.1, 0.15) is 33.2 Å². The quantitative estimate of drug-likeness (QED) is 0.665. The van der Waals surface area contributed by atoms with Gasteiger partial charge in [-0.2, -0.15) is 0 Å². The summed E-state index contributed by atoms with van der Waals surface area (Å²) in [6.45, 7) is 2.66. The number of hydrogen-bond donors (Lipinski definition) is 1. The van der Waals surface area contributed by atoms with Crippen LogP contribution in [0, 0.1) is 5.82 Å². The van der Waals surface area contributed by atoms with Crippen molar-refractivity contribution in [2.24, 2.45) is 0 Å². The van der Waals surface area contributed by atoms with Crippen molar-refractivity contribution in [3.63, 3.8) is 0 Å². The van der Waals surface area contributed by atoms with Crippen LogP contribution in [0.5, 0.6) is 0 Å². The lowest BCUT2D eigenvalue weighted by Crippen LogP contribution is -2.31. The number of nitrogens with zero attached hydrogens (tertiary/aromatic N) is 2. The van der Waals surface area contributed by atoms with Gasteiger partial charge in [-0.1, -0.05) is 36.4 Å². The molecule has 6 heteroatoms. The molecule has 0 spiro atoms. The number of anilines is 1. The number of amides is 2. The SMILES string of the molecule is CCN(C(=O)c1cncc(C(=O)NCCc2ccccc2F)c1)c1ccccc1. The van der Waals surface area contributed by atoms with Gasteiger partial charge in [-0.15, -0.1) is 0 Å². The number of carbonyl (C=O) groups is 2. The van der Waals surface area contributed by atoms with Gasteiger partial charge in [0, 0.05) is 31.2 Å². The summed E-state index contributed by atoms with van der Waals surface area (Å²) in [7, 11) is 0. The van der Waals surface area contributed by atoms with Crippen LogP contribution in [0.25, 0.3) is 0 Å². The Hall–Kier alpha value is -3.54. The van der Waals surface area contributed by atoms with E-state index in [1.54, 1.807) is 23.1 Å². The first-order valence-corrected chi connectivity index (χ1v) is 9.43. The summed E-state index contributed by atoms with van der Waals surface area (Å²) in [6.07, 6.45) is 3.24. The maximum Gasteiger partial charge on any atom is 0.259 e. The maximum absolute atomic E-state index is 13.7. The zero-order valence-electron chi connectivity index (χ0n) is 16.1. The molecule has 1 aromatic heterocycles. The molecule has 2 amide bonds. The van der Waals surface area contributed by atoms with Crippen molar-refractivity contribution in [2.45, 2.75) is 13.3 Å². The highest BCUT2D eigenvalue weighted by atomic mass is 19.1. The molecule has 1 heterocycles. The van der Waals surface area contributed by atoms with Crippen molar-refractivity contribution in [1.82, 2.24) is 10.3 Å². The standard InChI is InChI=1S/C23H22FN3O2/c1-2-27(20-9-4-3-5-10-20)23(29)19-14-18(15-25-16-19)22(28)26-13-12-17-8-6-7-11-21(17)24/h3-11,14-16H,2,12-13H2,1H3,(H,26,28). The van der Waals surface area contributed by atoms with Crippen LogP contribution in [0.3, 0.4) is 0 Å². The summed E-state index contributed by atoms with van der Waals surface area (Å²) in [4.78, 5) is 31.0. The van der Waals surface area contributed by atoms with Gasteiger partial charge >= 0.3 is 0 Å². The molecule has 0 unspecified atom stereocenters. The number of para-hydroxylation sites is 1. The Balaban J connectivity index is 1.67. The fourth-order valence-electron chi connectivity index (χ4n) is 3.00. The fourth-order valence-corrected chi connectivity index (χ4v) is 3.00. The van der Waals surface area contributed by atoms with E-state index in [1.165, 1.54) is 24.5 Å². The molecule has 0 aliphatic rings. The number of halogens is 1. The van der Waals surface area contributed by atoms with Crippen LogP contribution in [0.15, 0.2) is 73.1 Å². The molecule has 148 valence electrons. The Bertz CT molecular complexity index is 992. The van der Waals surface area contributed by atoms with E-state index in [4.69, 9.17) is 0 Å². The predicted molar refractivity (Wildman–Crippen MR) is 110 cm³/mol. The molecule has 0 atom stereocenters. The molecular formula is C23H22FN3O2. The lowest BCUT2D eigenvalue weighted by atomic mass is 10.1. The van der Waals surface area contributed by atoms with E-state index in [2.05, 4.69) is 10.3 Å². The van der Waals surface area contributed by atoms with Crippen molar-refractivity contribution in [2.75, 3.05) is 18.0 Å². The molecule has 0 fully saturated rings. The predicted octanol–water partition coefficient (Wildman–Crippen LogP) is 3.86. The van der Waals surface area contributed by atoms with Gasteiger partial charge in [0.25, 0.3) is 11.8 Å². The van der Waals surface area contributed by atoms with Crippen LogP contribution < -0.4 is 10.2 Å². The highest BCUT2D eigenvalue weighted by Crippen LogP contribution is 2.17. The van der Waals surface area contributed by atoms with Gasteiger partial charge in [-0.3, -0.25) is 14.6 Å². The second-order valence-electron chi connectivity index (χ2n) is 6.44. The van der Waals surface area contributed by atoms with E-state index in [0.29, 0.717) is 24.1 Å². The number of carbonyl (C=O) groups excluding carboxylic acids is 2. The molecule has 3 aromatic rings. The monoisotopic (exact) mass is 391 g/mol. The molecule has 1 N–H and O–H groups in total. The van der Waals surface area contributed by atoms with Crippen LogP contribution >= 0.6 is 0 Å². The molecule has 5 nitrogen and oxygen atoms in total. The van der Waals surface area contributed by atoms with Crippen LogP contribution in [-0.2, 0) is 6.42 Å². The van der Waals surface area contributed by atoms with Gasteiger partial charge < -0.3 is 10.2 Å². The zero-order valence-corrected chi connectivity index (χ0v) is 16.1. The van der Waals surface area contributed by atoms with Gasteiger partial charge in [0.2, 0.25) is 0 Å². The lowest BCUT2D eigenvalue weighted by molar-refractivity contribution is 0.0953. The Kier molecular flexibility index (Phi) is 6.68. The summed E-state index contributed by atoms with van der Waals surface area (Å²) in [5.74, 6) is -0.880. The first kappa shape index (κ1) is 20.2. The first-order chi connectivity index (χ1) is 14.1. The lowest BCUT2D eigenvalue weighted by Gasteiger charge is -2.21. The maximum atomic E-state index is 13.7. The van der Waals surface area contributed by atoms with Crippen molar-refractivity contribution in [1.29, 1.82) is 0 Å². The molecule has 0 aliphatic heterocycles. The first-order valence-electron chi connectivity index (χ1n) is 9.43. The van der Waals surface area contributed by atoms with E-state index in [-0.39, 0.29) is 29.7 Å². The third-order valence-corrected chi connectivity index (χ3v) is 4.51. The minimum absolute atomic E-state index is 0.229. The van der Waals surface area contributed by atoms with Gasteiger partial charge in [0.1, 0.15) is 5.82 Å². The van der Waals surface area contributed by atoms with Gasteiger partial charge in [0.05, 0.1) is 11.1 Å². The number of nitrogens with one attached hydrogen (secondary N) is 1. The molecule has 0 saturated heterocycles. The Morgan fingerprint density at radius 1 is 1.00 bits per heavy atom. The van der Waals surface area contributed by atoms with Crippen molar-refractivity contribution in [3.8, 4) is 0 Å². The average Bonchev–Trinajstić information content (AvgIpc) is 2.76. The second-order valence-corrected chi connectivity index (χ2v) is 6.44. The minimum atomic E-state index is -0.355. The Morgan fingerprint density at radius 3 is 2.41 bits per heavy atom. The number of rotatable bonds is 7. The van der Waals surface area contributed by atoms with Gasteiger partial charge in [0.15, 0.2) is 0 Å². The number of benzene rings is 2. The Morgan fingerprint density at radius 2 is 1.69 bits per heavy atom. The average molecular weight is 391 g/mol. The van der Waals surface area contributed by atoms with Crippen LogP contribution in [0.2, 0.25) is 0 Å². The molecule has 29 heavy (non-hydrogen) atoms. The highest BCUT2D eigenvalue weighted by Gasteiger charge is 2.18. The molecule has 3 rings (SSSR count). The molecule has 0 radical (unpaired) electrons. The van der Waals surface area contributed by atoms with E-state index in [0.717, 1.165) is 5.69 Å². The molecular weight excluding hydrogens is 369 g/mol. The molecule has 0 bridgehead atoms. The van der Waals surface area contributed by atoms with E-state index in [1.807, 2.05) is 37.3 Å². The van der Waals surface area contributed by atoms with E-state index < -0.39 is 0 Å². The van der Waals surface area contributed by atoms with E-state index in [9.17, 15) is 14.0 Å². The number of pyridine rings is 1.